The van der Waals surface area contributed by atoms with E-state index < -0.39 is 16.1 Å². The minimum atomic E-state index is -1.13. The van der Waals surface area contributed by atoms with Crippen LogP contribution in [0.15, 0.2) is 24.6 Å². The molecule has 94 valence electrons. The molecule has 0 heterocycles. The fourth-order valence-electron chi connectivity index (χ4n) is 2.49. The first-order chi connectivity index (χ1) is 7.57. The zero-order chi connectivity index (χ0) is 12.7. The molecule has 0 nitrogen and oxygen atoms in total. The third kappa shape index (κ3) is 3.74. The lowest BCUT2D eigenvalue weighted by atomic mass is 10.9. The van der Waals surface area contributed by atoms with Crippen molar-refractivity contribution in [3.8, 4) is 0 Å². The molecule has 16 heavy (non-hydrogen) atoms. The average Bonchev–Trinajstić information content (AvgIpc) is 2.37. The largest absolute Gasteiger partial charge is 0.107 e. The molecule has 0 aromatic heterocycles. The molecule has 0 aliphatic carbocycles. The molecular formula is C14H30Si2. The minimum absolute atomic E-state index is 1.13. The monoisotopic (exact) mass is 254 g/mol. The lowest BCUT2D eigenvalue weighted by Gasteiger charge is -2.32. The zero-order valence-electron chi connectivity index (χ0n) is 11.8. The van der Waals surface area contributed by atoms with Gasteiger partial charge < -0.3 is 0 Å². The van der Waals surface area contributed by atoms with Crippen LogP contribution in [-0.4, -0.2) is 16.1 Å². The van der Waals surface area contributed by atoms with Crippen molar-refractivity contribution in [1.82, 2.24) is 0 Å². The van der Waals surface area contributed by atoms with Gasteiger partial charge in [0.2, 0.25) is 0 Å². The Morgan fingerprint density at radius 1 is 0.688 bits per heavy atom. The van der Waals surface area contributed by atoms with Crippen molar-refractivity contribution >= 4 is 16.1 Å². The van der Waals surface area contributed by atoms with Crippen molar-refractivity contribution in [3.63, 3.8) is 0 Å². The van der Waals surface area contributed by atoms with Gasteiger partial charge in [-0.05, 0) is 0 Å². The fourth-order valence-corrected chi connectivity index (χ4v) is 10.4. The summed E-state index contributed by atoms with van der Waals surface area (Å²) in [5, 5.41) is 0. The molecule has 0 N–H and O–H groups in total. The predicted molar refractivity (Wildman–Crippen MR) is 83.4 cm³/mol. The predicted octanol–water partition coefficient (Wildman–Crippen LogP) is 5.41. The molecule has 0 bridgehead atoms. The van der Waals surface area contributed by atoms with E-state index in [1.54, 1.807) is 0 Å². The van der Waals surface area contributed by atoms with E-state index >= 15 is 0 Å². The smallest absolute Gasteiger partial charge is 0.0762 e. The van der Waals surface area contributed by atoms with Crippen LogP contribution in [0, 0.1) is 0 Å². The van der Waals surface area contributed by atoms with Gasteiger partial charge in [-0.25, -0.2) is 0 Å². The molecule has 0 amide bonds. The van der Waals surface area contributed by atoms with Gasteiger partial charge in [0, 0.05) is 0 Å². The molecule has 0 atom stereocenters. The maximum atomic E-state index is 4.10. The highest BCUT2D eigenvalue weighted by Crippen LogP contribution is 2.31. The molecule has 0 unspecified atom stereocenters. The highest BCUT2D eigenvalue weighted by molar-refractivity contribution is 6.89. The van der Waals surface area contributed by atoms with Crippen LogP contribution in [0.2, 0.25) is 36.3 Å². The maximum absolute atomic E-state index is 4.10. The lowest BCUT2D eigenvalue weighted by Crippen LogP contribution is -2.36. The number of hydrogen-bond acceptors (Lipinski definition) is 0. The molecule has 0 rings (SSSR count). The normalized spacial score (nSPS) is 12.5. The third-order valence-corrected chi connectivity index (χ3v) is 15.2. The van der Waals surface area contributed by atoms with Crippen LogP contribution in [0.4, 0.5) is 0 Å². The van der Waals surface area contributed by atoms with Gasteiger partial charge in [-0.15, -0.1) is 24.6 Å². The molecular weight excluding hydrogens is 224 g/mol. The molecule has 0 saturated heterocycles. The van der Waals surface area contributed by atoms with E-state index in [4.69, 9.17) is 0 Å². The first-order valence-electron chi connectivity index (χ1n) is 6.84. The molecule has 0 aliphatic heterocycles. The van der Waals surface area contributed by atoms with Crippen LogP contribution in [0.5, 0.6) is 0 Å². The summed E-state index contributed by atoms with van der Waals surface area (Å²) in [6.45, 7) is 17.6. The Hall–Kier alpha value is -0.0862. The maximum Gasteiger partial charge on any atom is 0.0762 e. The average molecular weight is 255 g/mol. The minimum Gasteiger partial charge on any atom is -0.107 e. The highest BCUT2D eigenvalue weighted by atomic mass is 28.3. The second-order valence-corrected chi connectivity index (χ2v) is 15.1. The van der Waals surface area contributed by atoms with Gasteiger partial charge in [0.05, 0.1) is 16.1 Å². The highest BCUT2D eigenvalue weighted by Gasteiger charge is 2.31. The molecule has 2 heteroatoms. The van der Waals surface area contributed by atoms with Gasteiger partial charge in [0.25, 0.3) is 0 Å². The van der Waals surface area contributed by atoms with Gasteiger partial charge in [0.15, 0.2) is 0 Å². The topological polar surface area (TPSA) is 0 Å². The molecule has 0 spiro atoms. The van der Waals surface area contributed by atoms with Crippen molar-refractivity contribution in [2.45, 2.75) is 64.0 Å². The molecule has 0 aromatic rings. The van der Waals surface area contributed by atoms with Crippen molar-refractivity contribution < 1.29 is 0 Å². The Labute approximate surface area is 105 Å². The fraction of sp³-hybridized carbons (Fsp3) is 0.714. The quantitative estimate of drug-likeness (QED) is 0.482. The van der Waals surface area contributed by atoms with Gasteiger partial charge >= 0.3 is 0 Å². The Kier molecular flexibility index (Phi) is 7.24. The summed E-state index contributed by atoms with van der Waals surface area (Å²) < 4.78 is 0. The van der Waals surface area contributed by atoms with Crippen LogP contribution < -0.4 is 0 Å². The Balaban J connectivity index is 4.60. The van der Waals surface area contributed by atoms with Crippen LogP contribution in [0.3, 0.4) is 0 Å². The second kappa shape index (κ2) is 7.28. The Bertz CT molecular complexity index is 189. The molecule has 0 aliphatic rings. The van der Waals surface area contributed by atoms with Gasteiger partial charge in [-0.1, -0.05) is 64.0 Å². The van der Waals surface area contributed by atoms with Gasteiger partial charge in [0.1, 0.15) is 0 Å². The molecule has 0 fully saturated rings. The van der Waals surface area contributed by atoms with E-state index in [0.717, 1.165) is 0 Å². The van der Waals surface area contributed by atoms with E-state index in [9.17, 15) is 0 Å². The first-order valence-corrected chi connectivity index (χ1v) is 12.2. The van der Waals surface area contributed by atoms with E-state index in [0.29, 0.717) is 0 Å². The van der Waals surface area contributed by atoms with Crippen LogP contribution in [0.1, 0.15) is 27.7 Å². The van der Waals surface area contributed by atoms with Crippen molar-refractivity contribution in [3.05, 3.63) is 24.6 Å². The zero-order valence-corrected chi connectivity index (χ0v) is 13.8. The first kappa shape index (κ1) is 15.9. The van der Waals surface area contributed by atoms with E-state index in [2.05, 4.69) is 52.3 Å². The Morgan fingerprint density at radius 2 is 0.938 bits per heavy atom. The van der Waals surface area contributed by atoms with Gasteiger partial charge in [-0.3, -0.25) is 0 Å². The molecule has 0 radical (unpaired) electrons. The SMILES string of the molecule is C=C[Si](CC)(CC)CC[Si](C=C)(CC)CC. The van der Waals surface area contributed by atoms with E-state index in [1.807, 2.05) is 0 Å². The van der Waals surface area contributed by atoms with Crippen LogP contribution in [0.25, 0.3) is 0 Å². The summed E-state index contributed by atoms with van der Waals surface area (Å²) in [5.74, 6) is 0. The number of hydrogen-bond donors (Lipinski definition) is 0. The lowest BCUT2D eigenvalue weighted by molar-refractivity contribution is 1.13. The van der Waals surface area contributed by atoms with Crippen LogP contribution in [-0.2, 0) is 0 Å². The summed E-state index contributed by atoms with van der Waals surface area (Å²) >= 11 is 0. The summed E-state index contributed by atoms with van der Waals surface area (Å²) in [6, 6.07) is 8.35. The summed E-state index contributed by atoms with van der Waals surface area (Å²) in [5.41, 5.74) is 4.67. The standard InChI is InChI=1S/C14H30Si2/c1-7-15(8-2,9-3)13-14-16(10-4,11-5)12-6/h7,10H,1,4,8-9,11-14H2,2-3,5-6H3. The van der Waals surface area contributed by atoms with E-state index in [-0.39, 0.29) is 0 Å². The second-order valence-electron chi connectivity index (χ2n) is 5.05. The van der Waals surface area contributed by atoms with Gasteiger partial charge in [-0.2, -0.15) is 0 Å². The van der Waals surface area contributed by atoms with E-state index in [1.165, 1.54) is 36.3 Å². The summed E-state index contributed by atoms with van der Waals surface area (Å²) in [7, 11) is -2.25. The Morgan fingerprint density at radius 3 is 1.06 bits per heavy atom. The molecule has 0 saturated carbocycles. The summed E-state index contributed by atoms with van der Waals surface area (Å²) in [4.78, 5) is 0. The van der Waals surface area contributed by atoms with Crippen molar-refractivity contribution in [2.24, 2.45) is 0 Å². The summed E-state index contributed by atoms with van der Waals surface area (Å²) in [6.07, 6.45) is 0. The third-order valence-electron chi connectivity index (χ3n) is 4.80. The van der Waals surface area contributed by atoms with Crippen LogP contribution >= 0.6 is 0 Å². The van der Waals surface area contributed by atoms with Crippen molar-refractivity contribution in [2.75, 3.05) is 0 Å². The van der Waals surface area contributed by atoms with Crippen molar-refractivity contribution in [1.29, 1.82) is 0 Å². The molecule has 0 aromatic carbocycles. The number of rotatable bonds is 9.